The molecule has 0 unspecified atom stereocenters. The molecule has 1 atom stereocenters. The van der Waals surface area contributed by atoms with E-state index in [2.05, 4.69) is 4.98 Å². The van der Waals surface area contributed by atoms with E-state index in [1.54, 1.807) is 12.2 Å². The van der Waals surface area contributed by atoms with E-state index in [1.807, 2.05) is 12.3 Å². The van der Waals surface area contributed by atoms with Crippen LogP contribution in [-0.2, 0) is 15.3 Å². The molecular weight excluding hydrogens is 193 g/mol. The lowest BCUT2D eigenvalue weighted by atomic mass is 10.6. The number of rotatable bonds is 4. The van der Waals surface area contributed by atoms with Crippen LogP contribution in [0.4, 0.5) is 0 Å². The van der Waals surface area contributed by atoms with Crippen molar-refractivity contribution in [1.82, 2.24) is 4.98 Å². The van der Waals surface area contributed by atoms with Gasteiger partial charge in [0.1, 0.15) is 0 Å². The van der Waals surface area contributed by atoms with Crippen LogP contribution in [0.1, 0.15) is 12.6 Å². The Morgan fingerprint density at radius 2 is 2.50 bits per heavy atom. The summed E-state index contributed by atoms with van der Waals surface area (Å²) in [6.07, 6.45) is 0.449. The standard InChI is InChI=1S/C7H12NO2PS/c1-3-10-11(2,9)4-7-5-12-6-8-7/h5-6H,3-4H2,1-2H3/t11-/m0/s1. The average molecular weight is 205 g/mol. The van der Waals surface area contributed by atoms with Crippen molar-refractivity contribution in [2.75, 3.05) is 13.3 Å². The molecular formula is C7H12NO2PS. The molecule has 12 heavy (non-hydrogen) atoms. The summed E-state index contributed by atoms with van der Waals surface area (Å²) in [5, 5.41) is 1.90. The van der Waals surface area contributed by atoms with Crippen molar-refractivity contribution in [2.24, 2.45) is 0 Å². The van der Waals surface area contributed by atoms with Gasteiger partial charge in [0.05, 0.1) is 24.0 Å². The van der Waals surface area contributed by atoms with Crippen molar-refractivity contribution < 1.29 is 9.09 Å². The Hall–Kier alpha value is -0.180. The SMILES string of the molecule is CCO[P@](C)(=O)Cc1cscn1. The monoisotopic (exact) mass is 205 g/mol. The van der Waals surface area contributed by atoms with Gasteiger partial charge in [0, 0.05) is 12.0 Å². The fourth-order valence-corrected chi connectivity index (χ4v) is 3.01. The number of hydrogen-bond donors (Lipinski definition) is 0. The third-order valence-corrected chi connectivity index (χ3v) is 3.67. The lowest BCUT2D eigenvalue weighted by Gasteiger charge is -2.09. The first-order valence-electron chi connectivity index (χ1n) is 3.72. The van der Waals surface area contributed by atoms with E-state index in [4.69, 9.17) is 4.52 Å². The van der Waals surface area contributed by atoms with Crippen LogP contribution in [-0.4, -0.2) is 18.3 Å². The van der Waals surface area contributed by atoms with Crippen LogP contribution >= 0.6 is 18.7 Å². The second kappa shape index (κ2) is 4.17. The maximum atomic E-state index is 11.6. The van der Waals surface area contributed by atoms with Crippen molar-refractivity contribution >= 4 is 18.7 Å². The molecule has 0 aromatic carbocycles. The molecule has 0 radical (unpaired) electrons. The summed E-state index contributed by atoms with van der Waals surface area (Å²) in [5.41, 5.74) is 2.60. The Labute approximate surface area is 76.2 Å². The predicted molar refractivity (Wildman–Crippen MR) is 51.0 cm³/mol. The molecule has 0 saturated carbocycles. The molecule has 1 rings (SSSR count). The minimum atomic E-state index is -2.44. The summed E-state index contributed by atoms with van der Waals surface area (Å²) in [5.74, 6) is 0. The zero-order chi connectivity index (χ0) is 9.03. The van der Waals surface area contributed by atoms with Crippen molar-refractivity contribution in [2.45, 2.75) is 13.1 Å². The molecule has 0 spiro atoms. The minimum Gasteiger partial charge on any atom is -0.329 e. The molecule has 1 aromatic rings. The molecule has 0 fully saturated rings. The van der Waals surface area contributed by atoms with Crippen LogP contribution in [0.25, 0.3) is 0 Å². The van der Waals surface area contributed by atoms with Gasteiger partial charge < -0.3 is 4.52 Å². The summed E-state index contributed by atoms with van der Waals surface area (Å²) >= 11 is 1.51. The molecule has 1 heterocycles. The third-order valence-electron chi connectivity index (χ3n) is 1.33. The molecule has 0 bridgehead atoms. The Balaban J connectivity index is 2.56. The maximum absolute atomic E-state index is 11.6. The van der Waals surface area contributed by atoms with Crippen molar-refractivity contribution in [1.29, 1.82) is 0 Å². The third kappa shape index (κ3) is 3.05. The van der Waals surface area contributed by atoms with Gasteiger partial charge in [0.25, 0.3) is 0 Å². The lowest BCUT2D eigenvalue weighted by Crippen LogP contribution is -1.92. The van der Waals surface area contributed by atoms with E-state index in [1.165, 1.54) is 11.3 Å². The number of hydrogen-bond acceptors (Lipinski definition) is 4. The van der Waals surface area contributed by atoms with E-state index >= 15 is 0 Å². The van der Waals surface area contributed by atoms with Crippen LogP contribution in [0, 0.1) is 0 Å². The first-order valence-corrected chi connectivity index (χ1v) is 6.92. The van der Waals surface area contributed by atoms with Gasteiger partial charge in [-0.2, -0.15) is 0 Å². The molecule has 1 aromatic heterocycles. The van der Waals surface area contributed by atoms with Crippen LogP contribution < -0.4 is 0 Å². The van der Waals surface area contributed by atoms with Crippen LogP contribution in [0.15, 0.2) is 10.9 Å². The molecule has 5 heteroatoms. The topological polar surface area (TPSA) is 39.2 Å². The number of thiazole rings is 1. The molecule has 3 nitrogen and oxygen atoms in total. The zero-order valence-electron chi connectivity index (χ0n) is 7.19. The van der Waals surface area contributed by atoms with E-state index < -0.39 is 7.37 Å². The van der Waals surface area contributed by atoms with Crippen molar-refractivity contribution in [3.63, 3.8) is 0 Å². The average Bonchev–Trinajstić information content (AvgIpc) is 2.38. The molecule has 0 saturated heterocycles. The van der Waals surface area contributed by atoms with Gasteiger partial charge in [-0.3, -0.25) is 4.57 Å². The second-order valence-corrected chi connectivity index (χ2v) is 5.89. The lowest BCUT2D eigenvalue weighted by molar-refractivity contribution is 0.336. The summed E-state index contributed by atoms with van der Waals surface area (Å²) in [7, 11) is -2.44. The van der Waals surface area contributed by atoms with E-state index in [0.29, 0.717) is 12.8 Å². The van der Waals surface area contributed by atoms with E-state index in [9.17, 15) is 4.57 Å². The second-order valence-electron chi connectivity index (χ2n) is 2.57. The first kappa shape index (κ1) is 9.90. The summed E-state index contributed by atoms with van der Waals surface area (Å²) in [6, 6.07) is 0. The Morgan fingerprint density at radius 1 is 1.75 bits per heavy atom. The summed E-state index contributed by atoms with van der Waals surface area (Å²) in [6.45, 7) is 3.99. The van der Waals surface area contributed by atoms with Gasteiger partial charge in [-0.25, -0.2) is 4.98 Å². The van der Waals surface area contributed by atoms with Gasteiger partial charge in [-0.05, 0) is 6.92 Å². The van der Waals surface area contributed by atoms with Crippen molar-refractivity contribution in [3.8, 4) is 0 Å². The van der Waals surface area contributed by atoms with Gasteiger partial charge in [-0.1, -0.05) is 0 Å². The fourth-order valence-electron chi connectivity index (χ4n) is 0.929. The first-order chi connectivity index (χ1) is 5.64. The smallest absolute Gasteiger partial charge is 0.206 e. The molecule has 0 aliphatic heterocycles. The van der Waals surface area contributed by atoms with Crippen molar-refractivity contribution in [3.05, 3.63) is 16.6 Å². The molecule has 0 aliphatic rings. The van der Waals surface area contributed by atoms with Crippen LogP contribution in [0.3, 0.4) is 0 Å². The van der Waals surface area contributed by atoms with Gasteiger partial charge >= 0.3 is 0 Å². The van der Waals surface area contributed by atoms with Gasteiger partial charge in [-0.15, -0.1) is 11.3 Å². The number of aromatic nitrogens is 1. The summed E-state index contributed by atoms with van der Waals surface area (Å²) in [4.78, 5) is 4.05. The highest BCUT2D eigenvalue weighted by molar-refractivity contribution is 7.57. The van der Waals surface area contributed by atoms with Gasteiger partial charge in [0.15, 0.2) is 0 Å². The fraction of sp³-hybridized carbons (Fsp3) is 0.571. The largest absolute Gasteiger partial charge is 0.329 e. The Kier molecular flexibility index (Phi) is 3.44. The maximum Gasteiger partial charge on any atom is 0.206 e. The minimum absolute atomic E-state index is 0.449. The summed E-state index contributed by atoms with van der Waals surface area (Å²) < 4.78 is 16.7. The molecule has 0 aliphatic carbocycles. The Bertz CT molecular complexity index is 273. The highest BCUT2D eigenvalue weighted by Gasteiger charge is 2.16. The van der Waals surface area contributed by atoms with Gasteiger partial charge in [0.2, 0.25) is 7.37 Å². The molecule has 0 amide bonds. The highest BCUT2D eigenvalue weighted by atomic mass is 32.1. The molecule has 0 N–H and O–H groups in total. The highest BCUT2D eigenvalue weighted by Crippen LogP contribution is 2.45. The normalized spacial score (nSPS) is 15.8. The predicted octanol–water partition coefficient (Wildman–Crippen LogP) is 2.59. The van der Waals surface area contributed by atoms with E-state index in [0.717, 1.165) is 5.69 Å². The van der Waals surface area contributed by atoms with E-state index in [-0.39, 0.29) is 0 Å². The van der Waals surface area contributed by atoms with Crippen LogP contribution in [0.5, 0.6) is 0 Å². The number of nitrogens with zero attached hydrogens (tertiary/aromatic N) is 1. The van der Waals surface area contributed by atoms with Crippen LogP contribution in [0.2, 0.25) is 0 Å². The Morgan fingerprint density at radius 3 is 3.00 bits per heavy atom. The zero-order valence-corrected chi connectivity index (χ0v) is 8.90. The molecule has 68 valence electrons. The quantitative estimate of drug-likeness (QED) is 0.709.